The van der Waals surface area contributed by atoms with Crippen LogP contribution in [0.25, 0.3) is 10.2 Å². The number of benzene rings is 2. The zero-order chi connectivity index (χ0) is 20.2. The molecule has 6 heteroatoms. The van der Waals surface area contributed by atoms with Crippen LogP contribution in [0.1, 0.15) is 29.3 Å². The van der Waals surface area contributed by atoms with E-state index >= 15 is 0 Å². The largest absolute Gasteiger partial charge is 0.496 e. The normalized spacial score (nSPS) is 15.5. The van der Waals surface area contributed by atoms with E-state index in [1.54, 1.807) is 12.0 Å². The lowest BCUT2D eigenvalue weighted by atomic mass is 9.97. The monoisotopic (exact) mass is 409 g/mol. The van der Waals surface area contributed by atoms with Gasteiger partial charge < -0.3 is 9.64 Å². The van der Waals surface area contributed by atoms with Gasteiger partial charge in [-0.2, -0.15) is 0 Å². The van der Waals surface area contributed by atoms with Gasteiger partial charge in [-0.1, -0.05) is 30.3 Å². The SMILES string of the molecule is COc1ccccc1CN(C)C(=O)CN1CCC(c2nc3ccccc3s2)CC1. The van der Waals surface area contributed by atoms with E-state index in [0.29, 0.717) is 19.0 Å². The first kappa shape index (κ1) is 19.9. The van der Waals surface area contributed by atoms with Gasteiger partial charge in [-0.3, -0.25) is 9.69 Å². The number of para-hydroxylation sites is 2. The molecule has 1 amide bonds. The average molecular weight is 410 g/mol. The summed E-state index contributed by atoms with van der Waals surface area (Å²) in [5, 5.41) is 1.24. The number of aromatic nitrogens is 1. The van der Waals surface area contributed by atoms with Crippen molar-refractivity contribution in [1.29, 1.82) is 0 Å². The van der Waals surface area contributed by atoms with E-state index in [1.165, 1.54) is 9.71 Å². The average Bonchev–Trinajstić information content (AvgIpc) is 3.19. The van der Waals surface area contributed by atoms with Crippen molar-refractivity contribution in [3.8, 4) is 5.75 Å². The summed E-state index contributed by atoms with van der Waals surface area (Å²) in [4.78, 5) is 21.6. The molecule has 0 spiro atoms. The van der Waals surface area contributed by atoms with E-state index in [2.05, 4.69) is 23.1 Å². The fourth-order valence-corrected chi connectivity index (χ4v) is 5.03. The number of fused-ring (bicyclic) bond motifs is 1. The van der Waals surface area contributed by atoms with Gasteiger partial charge in [-0.25, -0.2) is 4.98 Å². The summed E-state index contributed by atoms with van der Waals surface area (Å²) in [6.45, 7) is 2.91. The van der Waals surface area contributed by atoms with Crippen LogP contribution in [0.2, 0.25) is 0 Å². The smallest absolute Gasteiger partial charge is 0.236 e. The first-order valence-corrected chi connectivity index (χ1v) is 10.9. The number of hydrogen-bond donors (Lipinski definition) is 0. The fourth-order valence-electron chi connectivity index (χ4n) is 3.89. The number of hydrogen-bond acceptors (Lipinski definition) is 5. The molecule has 0 N–H and O–H groups in total. The van der Waals surface area contributed by atoms with E-state index in [9.17, 15) is 4.79 Å². The van der Waals surface area contributed by atoms with Gasteiger partial charge in [0.1, 0.15) is 5.75 Å². The van der Waals surface area contributed by atoms with Crippen LogP contribution in [-0.2, 0) is 11.3 Å². The first-order chi connectivity index (χ1) is 14.1. The minimum absolute atomic E-state index is 0.148. The molecule has 1 aromatic heterocycles. The van der Waals surface area contributed by atoms with Gasteiger partial charge >= 0.3 is 0 Å². The molecule has 3 aromatic rings. The lowest BCUT2D eigenvalue weighted by Gasteiger charge is -2.31. The predicted octanol–water partition coefficient (Wildman–Crippen LogP) is 4.14. The molecule has 0 bridgehead atoms. The summed E-state index contributed by atoms with van der Waals surface area (Å²) < 4.78 is 6.66. The molecule has 1 aliphatic heterocycles. The number of nitrogens with zero attached hydrogens (tertiary/aromatic N) is 3. The summed E-state index contributed by atoms with van der Waals surface area (Å²) >= 11 is 1.81. The van der Waals surface area contributed by atoms with Gasteiger partial charge in [0.2, 0.25) is 5.91 Å². The van der Waals surface area contributed by atoms with Crippen molar-refractivity contribution in [2.24, 2.45) is 0 Å². The maximum atomic E-state index is 12.7. The third kappa shape index (κ3) is 4.60. The summed E-state index contributed by atoms with van der Waals surface area (Å²) in [6, 6.07) is 16.2. The zero-order valence-electron chi connectivity index (χ0n) is 17.0. The van der Waals surface area contributed by atoms with Gasteiger partial charge in [0, 0.05) is 25.1 Å². The summed E-state index contributed by atoms with van der Waals surface area (Å²) in [7, 11) is 3.53. The van der Waals surface area contributed by atoms with E-state index in [1.807, 2.05) is 48.7 Å². The molecule has 5 nitrogen and oxygen atoms in total. The van der Waals surface area contributed by atoms with Crippen LogP contribution in [0.3, 0.4) is 0 Å². The first-order valence-electron chi connectivity index (χ1n) is 10.1. The number of ether oxygens (including phenoxy) is 1. The van der Waals surface area contributed by atoms with Crippen molar-refractivity contribution in [1.82, 2.24) is 14.8 Å². The molecular weight excluding hydrogens is 382 g/mol. The number of likely N-dealkylation sites (tertiary alicyclic amines) is 1. The predicted molar refractivity (Wildman–Crippen MR) is 118 cm³/mol. The Balaban J connectivity index is 1.30. The van der Waals surface area contributed by atoms with Gasteiger partial charge in [0.15, 0.2) is 0 Å². The Labute approximate surface area is 175 Å². The van der Waals surface area contributed by atoms with Crippen molar-refractivity contribution in [3.63, 3.8) is 0 Å². The summed E-state index contributed by atoms with van der Waals surface area (Å²) in [6.07, 6.45) is 2.12. The van der Waals surface area contributed by atoms with Crippen LogP contribution in [0, 0.1) is 0 Å². The second-order valence-corrected chi connectivity index (χ2v) is 8.69. The number of carbonyl (C=O) groups is 1. The third-order valence-corrected chi connectivity index (χ3v) is 6.83. The molecule has 4 rings (SSSR count). The Morgan fingerprint density at radius 3 is 2.66 bits per heavy atom. The Kier molecular flexibility index (Phi) is 6.11. The van der Waals surface area contributed by atoms with E-state index in [0.717, 1.165) is 42.8 Å². The fraction of sp³-hybridized carbons (Fsp3) is 0.391. The number of thiazole rings is 1. The number of carbonyl (C=O) groups excluding carboxylic acids is 1. The van der Waals surface area contributed by atoms with Gasteiger partial charge in [-0.05, 0) is 44.1 Å². The lowest BCUT2D eigenvalue weighted by molar-refractivity contribution is -0.131. The Morgan fingerprint density at radius 1 is 1.17 bits per heavy atom. The number of rotatable bonds is 6. The molecule has 152 valence electrons. The molecular formula is C23H27N3O2S. The molecule has 0 radical (unpaired) electrons. The third-order valence-electron chi connectivity index (χ3n) is 5.63. The van der Waals surface area contributed by atoms with Gasteiger partial charge in [0.25, 0.3) is 0 Å². The number of piperidine rings is 1. The quantitative estimate of drug-likeness (QED) is 0.614. The van der Waals surface area contributed by atoms with Crippen LogP contribution in [-0.4, -0.2) is 54.5 Å². The molecule has 0 unspecified atom stereocenters. The maximum Gasteiger partial charge on any atom is 0.236 e. The molecule has 1 fully saturated rings. The van der Waals surface area contributed by atoms with Crippen molar-refractivity contribution < 1.29 is 9.53 Å². The Morgan fingerprint density at radius 2 is 1.90 bits per heavy atom. The minimum Gasteiger partial charge on any atom is -0.496 e. The maximum absolute atomic E-state index is 12.7. The molecule has 29 heavy (non-hydrogen) atoms. The zero-order valence-corrected chi connectivity index (χ0v) is 17.8. The minimum atomic E-state index is 0.148. The van der Waals surface area contributed by atoms with Gasteiger partial charge in [-0.15, -0.1) is 11.3 Å². The van der Waals surface area contributed by atoms with Crippen LogP contribution in [0.15, 0.2) is 48.5 Å². The van der Waals surface area contributed by atoms with Crippen LogP contribution >= 0.6 is 11.3 Å². The highest BCUT2D eigenvalue weighted by Gasteiger charge is 2.25. The standard InChI is InChI=1S/C23H27N3O2S/c1-25(15-18-7-3-5-9-20(18)28-2)22(27)16-26-13-11-17(12-14-26)23-24-19-8-4-6-10-21(19)29-23/h3-10,17H,11-16H2,1-2H3. The van der Waals surface area contributed by atoms with Crippen LogP contribution in [0.5, 0.6) is 5.75 Å². The highest BCUT2D eigenvalue weighted by molar-refractivity contribution is 7.18. The van der Waals surface area contributed by atoms with Crippen molar-refractivity contribution >= 4 is 27.5 Å². The van der Waals surface area contributed by atoms with E-state index < -0.39 is 0 Å². The molecule has 0 aliphatic carbocycles. The Bertz CT molecular complexity index is 946. The molecule has 1 aliphatic rings. The highest BCUT2D eigenvalue weighted by atomic mass is 32.1. The topological polar surface area (TPSA) is 45.7 Å². The Hall–Kier alpha value is -2.44. The molecule has 2 aromatic carbocycles. The van der Waals surface area contributed by atoms with E-state index in [-0.39, 0.29) is 5.91 Å². The molecule has 2 heterocycles. The molecule has 1 saturated heterocycles. The summed E-state index contributed by atoms with van der Waals surface area (Å²) in [5.74, 6) is 1.48. The summed E-state index contributed by atoms with van der Waals surface area (Å²) in [5.41, 5.74) is 2.13. The van der Waals surface area contributed by atoms with Gasteiger partial charge in [0.05, 0.1) is 28.9 Å². The van der Waals surface area contributed by atoms with Crippen molar-refractivity contribution in [2.45, 2.75) is 25.3 Å². The number of methoxy groups -OCH3 is 1. The van der Waals surface area contributed by atoms with Crippen LogP contribution in [0.4, 0.5) is 0 Å². The van der Waals surface area contributed by atoms with E-state index in [4.69, 9.17) is 9.72 Å². The number of amides is 1. The molecule has 0 atom stereocenters. The second-order valence-electron chi connectivity index (χ2n) is 7.63. The van der Waals surface area contributed by atoms with Crippen molar-refractivity contribution in [2.75, 3.05) is 33.8 Å². The highest BCUT2D eigenvalue weighted by Crippen LogP contribution is 2.33. The molecule has 0 saturated carbocycles. The number of likely N-dealkylation sites (N-methyl/N-ethyl adjacent to an activating group) is 1. The van der Waals surface area contributed by atoms with Crippen molar-refractivity contribution in [3.05, 3.63) is 59.1 Å². The lowest BCUT2D eigenvalue weighted by Crippen LogP contribution is -2.41. The second kappa shape index (κ2) is 8.93. The van der Waals surface area contributed by atoms with Crippen LogP contribution < -0.4 is 4.74 Å².